The normalized spacial score (nSPS) is 22.3. The van der Waals surface area contributed by atoms with Gasteiger partial charge in [-0.3, -0.25) is 4.79 Å². The summed E-state index contributed by atoms with van der Waals surface area (Å²) in [6.07, 6.45) is 6.69. The predicted octanol–water partition coefficient (Wildman–Crippen LogP) is 4.05. The lowest BCUT2D eigenvalue weighted by Crippen LogP contribution is -2.47. The summed E-state index contributed by atoms with van der Waals surface area (Å²) in [6, 6.07) is 9.63. The van der Waals surface area contributed by atoms with Crippen LogP contribution in [0.15, 0.2) is 55.0 Å². The second-order valence-electron chi connectivity index (χ2n) is 7.74. The molecule has 3 aromatic rings. The van der Waals surface area contributed by atoms with Crippen LogP contribution < -0.4 is 5.32 Å². The molecule has 1 aliphatic heterocycles. The van der Waals surface area contributed by atoms with Crippen molar-refractivity contribution in [2.24, 2.45) is 5.92 Å². The highest BCUT2D eigenvalue weighted by molar-refractivity contribution is 6.30. The summed E-state index contributed by atoms with van der Waals surface area (Å²) in [6.45, 7) is 0.697. The average Bonchev–Trinajstić information content (AvgIpc) is 3.36. The van der Waals surface area contributed by atoms with E-state index in [1.807, 2.05) is 11.0 Å². The van der Waals surface area contributed by atoms with Crippen molar-refractivity contribution in [1.82, 2.24) is 19.9 Å². The van der Waals surface area contributed by atoms with Crippen LogP contribution in [0.2, 0.25) is 5.02 Å². The number of nitrogens with one attached hydrogen (secondary N) is 1. The summed E-state index contributed by atoms with van der Waals surface area (Å²) in [4.78, 5) is 28.1. The highest BCUT2D eigenvalue weighted by atomic mass is 35.5. The molecule has 3 heterocycles. The van der Waals surface area contributed by atoms with E-state index in [0.717, 1.165) is 18.7 Å². The number of anilines is 1. The Morgan fingerprint density at radius 2 is 1.97 bits per heavy atom. The quantitative estimate of drug-likeness (QED) is 0.685. The van der Waals surface area contributed by atoms with Crippen LogP contribution in [0.25, 0.3) is 11.4 Å². The molecule has 2 aliphatic rings. The topological polar surface area (TPSA) is 71.0 Å². The van der Waals surface area contributed by atoms with Crippen molar-refractivity contribution in [3.63, 3.8) is 0 Å². The van der Waals surface area contributed by atoms with E-state index >= 15 is 0 Å². The average molecular weight is 424 g/mol. The molecule has 1 aromatic carbocycles. The number of benzene rings is 1. The number of carbonyl (C=O) groups excluding carboxylic acids is 1. The van der Waals surface area contributed by atoms with Gasteiger partial charge in [0.15, 0.2) is 5.82 Å². The largest absolute Gasteiger partial charge is 0.365 e. The van der Waals surface area contributed by atoms with E-state index in [-0.39, 0.29) is 18.0 Å². The predicted molar refractivity (Wildman–Crippen MR) is 112 cm³/mol. The Morgan fingerprint density at radius 1 is 1.13 bits per heavy atom. The summed E-state index contributed by atoms with van der Waals surface area (Å²) < 4.78 is 13.9. The number of hydrogen-bond donors (Lipinski definition) is 1. The number of halogens is 2. The molecule has 2 aromatic heterocycles. The monoisotopic (exact) mass is 423 g/mol. The molecule has 1 aliphatic carbocycles. The van der Waals surface area contributed by atoms with Crippen LogP contribution in [0.1, 0.15) is 23.2 Å². The maximum Gasteiger partial charge on any atom is 0.254 e. The minimum Gasteiger partial charge on any atom is -0.365 e. The number of piperidine rings is 1. The fourth-order valence-corrected chi connectivity index (χ4v) is 4.66. The van der Waals surface area contributed by atoms with E-state index in [1.54, 1.807) is 30.7 Å². The van der Waals surface area contributed by atoms with Crippen molar-refractivity contribution in [2.45, 2.75) is 24.9 Å². The first kappa shape index (κ1) is 18.9. The van der Waals surface area contributed by atoms with Crippen molar-refractivity contribution < 1.29 is 9.18 Å². The van der Waals surface area contributed by atoms with E-state index in [1.165, 1.54) is 18.2 Å². The van der Waals surface area contributed by atoms with Crippen molar-refractivity contribution in [3.05, 3.63) is 71.4 Å². The van der Waals surface area contributed by atoms with Gasteiger partial charge in [0.1, 0.15) is 11.6 Å². The van der Waals surface area contributed by atoms with Crippen LogP contribution in [0, 0.1) is 11.7 Å². The second kappa shape index (κ2) is 7.65. The van der Waals surface area contributed by atoms with Crippen LogP contribution in [0.4, 0.5) is 10.2 Å². The number of aromatic nitrogens is 3. The minimum atomic E-state index is -0.426. The number of carbonyl (C=O) groups is 1. The van der Waals surface area contributed by atoms with Gasteiger partial charge in [0, 0.05) is 36.7 Å². The number of pyridine rings is 1. The van der Waals surface area contributed by atoms with Gasteiger partial charge in [0.05, 0.1) is 16.6 Å². The van der Waals surface area contributed by atoms with Gasteiger partial charge < -0.3 is 10.2 Å². The first-order chi connectivity index (χ1) is 14.6. The Labute approximate surface area is 178 Å². The molecule has 1 N–H and O–H groups in total. The highest BCUT2D eigenvalue weighted by Gasteiger charge is 2.47. The number of nitrogens with zero attached hydrogens (tertiary/aromatic N) is 4. The Morgan fingerprint density at radius 3 is 2.70 bits per heavy atom. The van der Waals surface area contributed by atoms with E-state index in [9.17, 15) is 9.18 Å². The Kier molecular flexibility index (Phi) is 4.83. The maximum atomic E-state index is 13.9. The summed E-state index contributed by atoms with van der Waals surface area (Å²) in [5.74, 6) is 0.959. The van der Waals surface area contributed by atoms with Crippen LogP contribution in [-0.2, 0) is 0 Å². The molecule has 8 heteroatoms. The second-order valence-corrected chi connectivity index (χ2v) is 8.17. The van der Waals surface area contributed by atoms with E-state index in [2.05, 4.69) is 20.3 Å². The summed E-state index contributed by atoms with van der Waals surface area (Å²) in [7, 11) is 0. The van der Waals surface area contributed by atoms with Crippen molar-refractivity contribution >= 4 is 23.3 Å². The third-order valence-corrected chi connectivity index (χ3v) is 6.05. The smallest absolute Gasteiger partial charge is 0.254 e. The van der Waals surface area contributed by atoms with E-state index in [4.69, 9.17) is 11.6 Å². The lowest BCUT2D eigenvalue weighted by Gasteiger charge is -2.34. The van der Waals surface area contributed by atoms with Crippen molar-refractivity contribution in [2.75, 3.05) is 11.9 Å². The Bertz CT molecular complexity index is 1080. The molecule has 0 radical (unpaired) electrons. The molecule has 3 atom stereocenters. The van der Waals surface area contributed by atoms with Gasteiger partial charge in [-0.05, 0) is 55.2 Å². The van der Waals surface area contributed by atoms with Crippen LogP contribution >= 0.6 is 11.6 Å². The Balaban J connectivity index is 1.41. The fraction of sp³-hybridized carbons (Fsp3) is 0.273. The molecule has 0 unspecified atom stereocenters. The molecule has 0 spiro atoms. The zero-order valence-electron chi connectivity index (χ0n) is 16.0. The molecule has 30 heavy (non-hydrogen) atoms. The zero-order valence-corrected chi connectivity index (χ0v) is 16.8. The van der Waals surface area contributed by atoms with Gasteiger partial charge in [-0.1, -0.05) is 11.6 Å². The molecule has 1 amide bonds. The molecule has 5 rings (SSSR count). The third kappa shape index (κ3) is 3.50. The van der Waals surface area contributed by atoms with Crippen molar-refractivity contribution in [3.8, 4) is 11.4 Å². The van der Waals surface area contributed by atoms with Gasteiger partial charge >= 0.3 is 0 Å². The van der Waals surface area contributed by atoms with Gasteiger partial charge in [-0.15, -0.1) is 0 Å². The van der Waals surface area contributed by atoms with Crippen LogP contribution in [-0.4, -0.2) is 44.4 Å². The molecule has 152 valence electrons. The summed E-state index contributed by atoms with van der Waals surface area (Å²) in [5, 5.41) is 4.02. The zero-order chi connectivity index (χ0) is 20.7. The van der Waals surface area contributed by atoms with Crippen LogP contribution in [0.3, 0.4) is 0 Å². The molecule has 2 bridgehead atoms. The number of amides is 1. The summed E-state index contributed by atoms with van der Waals surface area (Å²) in [5.41, 5.74) is 0.825. The van der Waals surface area contributed by atoms with Crippen molar-refractivity contribution in [1.29, 1.82) is 0 Å². The van der Waals surface area contributed by atoms with Gasteiger partial charge in [-0.25, -0.2) is 19.3 Å². The summed E-state index contributed by atoms with van der Waals surface area (Å²) >= 11 is 5.92. The molecule has 1 saturated heterocycles. The number of fused-ring (bicyclic) bond motifs is 2. The maximum absolute atomic E-state index is 13.9. The third-order valence-electron chi connectivity index (χ3n) is 5.82. The van der Waals surface area contributed by atoms with Crippen LogP contribution in [0.5, 0.6) is 0 Å². The number of rotatable bonds is 4. The highest BCUT2D eigenvalue weighted by Crippen LogP contribution is 2.40. The first-order valence-corrected chi connectivity index (χ1v) is 10.2. The van der Waals surface area contributed by atoms with Gasteiger partial charge in [0.2, 0.25) is 0 Å². The first-order valence-electron chi connectivity index (χ1n) is 9.84. The van der Waals surface area contributed by atoms with E-state index in [0.29, 0.717) is 34.4 Å². The SMILES string of the molecule is O=C(c1ccc(F)cc1-c1ncccn1)N1C[C@@H]2C[C@@H](Nc3ccc(Cl)cn3)[C@@H]1C2. The molecular formula is C22H19ClFN5O. The Hall–Kier alpha value is -3.06. The molecule has 1 saturated carbocycles. The number of likely N-dealkylation sites (tertiary alicyclic amines) is 1. The molecule has 6 nitrogen and oxygen atoms in total. The lowest BCUT2D eigenvalue weighted by molar-refractivity contribution is 0.0692. The number of hydrogen-bond acceptors (Lipinski definition) is 5. The standard InChI is InChI=1S/C22H19ClFN5O/c23-14-2-5-20(27-11-14)28-18-8-13-9-19(18)29(12-13)22(30)16-4-3-15(24)10-17(16)21-25-6-1-7-26-21/h1-7,10-11,13,18-19H,8-9,12H2,(H,27,28)/t13-,18-,19+/m1/s1. The van der Waals surface area contributed by atoms with Gasteiger partial charge in [0.25, 0.3) is 5.91 Å². The molecule has 2 fully saturated rings. The fourth-order valence-electron chi connectivity index (χ4n) is 4.55. The molecular weight excluding hydrogens is 405 g/mol. The minimum absolute atomic E-state index is 0.0505. The lowest BCUT2D eigenvalue weighted by atomic mass is 10.0. The van der Waals surface area contributed by atoms with E-state index < -0.39 is 5.82 Å². The van der Waals surface area contributed by atoms with Gasteiger partial charge in [-0.2, -0.15) is 0 Å².